The van der Waals surface area contributed by atoms with E-state index in [1.165, 1.54) is 43.4 Å². The molecular weight excluding hydrogens is 317 g/mol. The van der Waals surface area contributed by atoms with E-state index in [-0.39, 0.29) is 55.0 Å². The molecule has 0 aliphatic rings. The SMILES string of the molecule is CCCCCCCCCCCC(=O)N(CCC(=O)[O-])CC(C)O.[Na+]. The Labute approximate surface area is 169 Å². The zero-order valence-corrected chi connectivity index (χ0v) is 17.9. The summed E-state index contributed by atoms with van der Waals surface area (Å²) in [6.07, 6.45) is 10.3. The number of rotatable bonds is 15. The Morgan fingerprint density at radius 3 is 1.92 bits per heavy atom. The Kier molecular flexibility index (Phi) is 19.3. The van der Waals surface area contributed by atoms with Gasteiger partial charge in [-0.05, 0) is 13.3 Å². The number of nitrogens with zero attached hydrogens (tertiary/aromatic N) is 1. The largest absolute Gasteiger partial charge is 1.00 e. The molecule has 0 radical (unpaired) electrons. The second kappa shape index (κ2) is 17.7. The van der Waals surface area contributed by atoms with Crippen molar-refractivity contribution in [3.05, 3.63) is 0 Å². The number of carbonyl (C=O) groups is 2. The van der Waals surface area contributed by atoms with Crippen LogP contribution in [-0.4, -0.2) is 41.1 Å². The van der Waals surface area contributed by atoms with Gasteiger partial charge >= 0.3 is 29.6 Å². The molecule has 6 heteroatoms. The van der Waals surface area contributed by atoms with Crippen LogP contribution in [0, 0.1) is 0 Å². The molecule has 0 fully saturated rings. The van der Waals surface area contributed by atoms with E-state index in [9.17, 15) is 19.8 Å². The van der Waals surface area contributed by atoms with Crippen LogP contribution < -0.4 is 34.7 Å². The quantitative estimate of drug-likeness (QED) is 0.311. The van der Waals surface area contributed by atoms with E-state index in [2.05, 4.69) is 6.92 Å². The third-order valence-corrected chi connectivity index (χ3v) is 3.92. The fraction of sp³-hybridized carbons (Fsp3) is 0.889. The van der Waals surface area contributed by atoms with Gasteiger partial charge < -0.3 is 19.9 Å². The monoisotopic (exact) mass is 351 g/mol. The van der Waals surface area contributed by atoms with Crippen LogP contribution in [0.2, 0.25) is 0 Å². The van der Waals surface area contributed by atoms with Gasteiger partial charge in [0.15, 0.2) is 0 Å². The number of carboxylic acids is 1. The Bertz CT molecular complexity index is 324. The second-order valence-electron chi connectivity index (χ2n) is 6.39. The first-order valence-electron chi connectivity index (χ1n) is 9.13. The van der Waals surface area contributed by atoms with Crippen molar-refractivity contribution in [3.8, 4) is 0 Å². The number of unbranched alkanes of at least 4 members (excludes halogenated alkanes) is 8. The van der Waals surface area contributed by atoms with Crippen LogP contribution in [0.3, 0.4) is 0 Å². The minimum absolute atomic E-state index is 0. The van der Waals surface area contributed by atoms with Gasteiger partial charge in [-0.2, -0.15) is 0 Å². The molecule has 0 rings (SSSR count). The number of carbonyl (C=O) groups excluding carboxylic acids is 2. The van der Waals surface area contributed by atoms with E-state index in [1.54, 1.807) is 6.92 Å². The van der Waals surface area contributed by atoms with Crippen molar-refractivity contribution < 1.29 is 49.4 Å². The third kappa shape index (κ3) is 16.7. The minimum atomic E-state index is -1.17. The Morgan fingerprint density at radius 1 is 0.958 bits per heavy atom. The molecule has 1 amide bonds. The Balaban J connectivity index is 0. The van der Waals surface area contributed by atoms with Crippen LogP contribution in [-0.2, 0) is 9.59 Å². The first-order chi connectivity index (χ1) is 11.0. The van der Waals surface area contributed by atoms with E-state index >= 15 is 0 Å². The second-order valence-corrected chi connectivity index (χ2v) is 6.39. The maximum Gasteiger partial charge on any atom is 1.00 e. The van der Waals surface area contributed by atoms with Crippen molar-refractivity contribution in [1.29, 1.82) is 0 Å². The summed E-state index contributed by atoms with van der Waals surface area (Å²) in [6, 6.07) is 0. The topological polar surface area (TPSA) is 80.7 Å². The van der Waals surface area contributed by atoms with Crippen LogP contribution in [0.25, 0.3) is 0 Å². The van der Waals surface area contributed by atoms with Crippen LogP contribution >= 0.6 is 0 Å². The summed E-state index contributed by atoms with van der Waals surface area (Å²) < 4.78 is 0. The van der Waals surface area contributed by atoms with E-state index in [0.29, 0.717) is 6.42 Å². The normalized spacial score (nSPS) is 11.6. The number of aliphatic carboxylic acids is 1. The average Bonchev–Trinajstić information content (AvgIpc) is 2.49. The van der Waals surface area contributed by atoms with Crippen LogP contribution in [0.15, 0.2) is 0 Å². The average molecular weight is 351 g/mol. The molecular formula is C18H34NNaO4. The molecule has 136 valence electrons. The van der Waals surface area contributed by atoms with Crippen molar-refractivity contribution in [2.45, 2.75) is 90.6 Å². The molecule has 0 bridgehead atoms. The van der Waals surface area contributed by atoms with Crippen molar-refractivity contribution in [2.24, 2.45) is 0 Å². The van der Waals surface area contributed by atoms with Crippen molar-refractivity contribution in [2.75, 3.05) is 13.1 Å². The molecule has 0 saturated heterocycles. The zero-order chi connectivity index (χ0) is 17.5. The first-order valence-corrected chi connectivity index (χ1v) is 9.13. The smallest absolute Gasteiger partial charge is 0.550 e. The number of hydrogen-bond donors (Lipinski definition) is 1. The molecule has 0 saturated carbocycles. The molecule has 24 heavy (non-hydrogen) atoms. The summed E-state index contributed by atoms with van der Waals surface area (Å²) in [6.45, 7) is 4.11. The predicted octanol–water partition coefficient (Wildman–Crippen LogP) is -0.739. The summed E-state index contributed by atoms with van der Waals surface area (Å²) >= 11 is 0. The minimum Gasteiger partial charge on any atom is -0.550 e. The summed E-state index contributed by atoms with van der Waals surface area (Å²) in [5.74, 6) is -1.24. The molecule has 5 nitrogen and oxygen atoms in total. The van der Waals surface area contributed by atoms with Gasteiger partial charge in [-0.1, -0.05) is 58.3 Å². The third-order valence-electron chi connectivity index (χ3n) is 3.92. The Morgan fingerprint density at radius 2 is 1.46 bits per heavy atom. The number of amides is 1. The Hall–Kier alpha value is -0.100. The van der Waals surface area contributed by atoms with Crippen molar-refractivity contribution in [1.82, 2.24) is 4.90 Å². The molecule has 0 aliphatic heterocycles. The van der Waals surface area contributed by atoms with Crippen LogP contribution in [0.5, 0.6) is 0 Å². The first kappa shape index (κ1) is 26.1. The van der Waals surface area contributed by atoms with E-state index < -0.39 is 12.1 Å². The number of aliphatic hydroxyl groups excluding tert-OH is 1. The van der Waals surface area contributed by atoms with Gasteiger partial charge in [0.1, 0.15) is 0 Å². The van der Waals surface area contributed by atoms with E-state index in [0.717, 1.165) is 19.3 Å². The molecule has 1 atom stereocenters. The van der Waals surface area contributed by atoms with Crippen molar-refractivity contribution in [3.63, 3.8) is 0 Å². The molecule has 0 aromatic heterocycles. The van der Waals surface area contributed by atoms with Crippen molar-refractivity contribution >= 4 is 11.9 Å². The molecule has 0 spiro atoms. The van der Waals surface area contributed by atoms with Gasteiger partial charge in [0.05, 0.1) is 6.10 Å². The van der Waals surface area contributed by atoms with E-state index in [1.807, 2.05) is 0 Å². The van der Waals surface area contributed by atoms with Gasteiger partial charge in [0.25, 0.3) is 0 Å². The van der Waals surface area contributed by atoms with Gasteiger partial charge in [-0.3, -0.25) is 4.79 Å². The zero-order valence-electron chi connectivity index (χ0n) is 15.9. The number of carboxylic acid groups (broad SMARTS) is 1. The van der Waals surface area contributed by atoms with Gasteiger partial charge in [0.2, 0.25) is 5.91 Å². The molecule has 0 aliphatic carbocycles. The maximum absolute atomic E-state index is 12.1. The molecule has 0 aromatic rings. The molecule has 0 aromatic carbocycles. The van der Waals surface area contributed by atoms with Gasteiger partial charge in [-0.25, -0.2) is 0 Å². The molecule has 0 heterocycles. The fourth-order valence-electron chi connectivity index (χ4n) is 2.61. The summed E-state index contributed by atoms with van der Waals surface area (Å²) in [4.78, 5) is 24.1. The summed E-state index contributed by atoms with van der Waals surface area (Å²) in [5, 5.41) is 19.9. The van der Waals surface area contributed by atoms with Crippen LogP contribution in [0.1, 0.15) is 84.5 Å². The van der Waals surface area contributed by atoms with Gasteiger partial charge in [-0.15, -0.1) is 0 Å². The fourth-order valence-corrected chi connectivity index (χ4v) is 2.61. The summed E-state index contributed by atoms with van der Waals surface area (Å²) in [7, 11) is 0. The summed E-state index contributed by atoms with van der Waals surface area (Å²) in [5.41, 5.74) is 0. The van der Waals surface area contributed by atoms with Crippen LogP contribution in [0.4, 0.5) is 0 Å². The molecule has 1 unspecified atom stereocenters. The maximum atomic E-state index is 12.1. The standard InChI is InChI=1S/C18H35NO4.Na/c1-3-4-5-6-7-8-9-10-11-12-17(21)19(15-16(2)20)14-13-18(22)23;/h16,20H,3-15H2,1-2H3,(H,22,23);/q;+1/p-1. The number of aliphatic hydroxyl groups is 1. The predicted molar refractivity (Wildman–Crippen MR) is 89.7 cm³/mol. The van der Waals surface area contributed by atoms with Gasteiger partial charge in [0, 0.05) is 31.9 Å². The van der Waals surface area contributed by atoms with E-state index in [4.69, 9.17) is 0 Å². The number of hydrogen-bond acceptors (Lipinski definition) is 4. The molecule has 1 N–H and O–H groups in total.